The van der Waals surface area contributed by atoms with Gasteiger partial charge in [0.1, 0.15) is 47.7 Å². The SMILES string of the molecule is C=CC(=C)OCCCCOCC(COc1ccc(OC(=O)C2CCC(C(=O)Oc3ccc(OCC(COCCCCOC(=O)C=C)OC(=C)C=C)cc3)CC2)cc1)OC(=O)C=C. The van der Waals surface area contributed by atoms with Crippen molar-refractivity contribution >= 4 is 23.9 Å². The number of ether oxygens (including phenoxy) is 10. The zero-order chi connectivity index (χ0) is 45.0. The summed E-state index contributed by atoms with van der Waals surface area (Å²) in [6.45, 7) is 23.8. The molecule has 0 amide bonds. The van der Waals surface area contributed by atoms with E-state index in [9.17, 15) is 19.2 Å². The van der Waals surface area contributed by atoms with Crippen LogP contribution < -0.4 is 18.9 Å². The Morgan fingerprint density at radius 3 is 1.34 bits per heavy atom. The van der Waals surface area contributed by atoms with E-state index < -0.39 is 24.1 Å². The van der Waals surface area contributed by atoms with Crippen molar-refractivity contribution in [1.29, 1.82) is 0 Å². The smallest absolute Gasteiger partial charge is 0.330 e. The summed E-state index contributed by atoms with van der Waals surface area (Å²) in [4.78, 5) is 49.0. The average Bonchev–Trinajstić information content (AvgIpc) is 3.29. The molecule has 62 heavy (non-hydrogen) atoms. The molecule has 1 aliphatic carbocycles. The summed E-state index contributed by atoms with van der Waals surface area (Å²) in [5.41, 5.74) is 0. The van der Waals surface area contributed by atoms with Crippen molar-refractivity contribution in [3.8, 4) is 23.0 Å². The Morgan fingerprint density at radius 1 is 0.500 bits per heavy atom. The Morgan fingerprint density at radius 2 is 0.903 bits per heavy atom. The van der Waals surface area contributed by atoms with E-state index >= 15 is 0 Å². The van der Waals surface area contributed by atoms with E-state index in [1.165, 1.54) is 6.08 Å². The van der Waals surface area contributed by atoms with Crippen molar-refractivity contribution in [2.45, 2.75) is 63.6 Å². The molecular weight excluding hydrogens is 801 g/mol. The molecule has 3 rings (SSSR count). The first-order valence-corrected chi connectivity index (χ1v) is 20.6. The van der Waals surface area contributed by atoms with Crippen LogP contribution in [0.25, 0.3) is 0 Å². The minimum atomic E-state index is -0.671. The van der Waals surface area contributed by atoms with Crippen LogP contribution in [0.4, 0.5) is 0 Å². The standard InChI is InChI=1S/C48H60O14/c1-7-35(5)55-29-13-11-27-54-32-44(60-46(50)10-4)34-58-40-21-25-42(26-22-40)62-48(52)38-17-15-37(16-18-38)47(51)61-41-23-19-39(20-24-41)57-33-43(59-36(6)8-2)31-53-28-12-14-30-56-45(49)9-3/h7-10,19-26,37-38,43-44H,1-6,11-18,27-34H2. The molecule has 0 radical (unpaired) electrons. The molecule has 0 N–H and O–H groups in total. The van der Waals surface area contributed by atoms with E-state index in [2.05, 4.69) is 39.5 Å². The van der Waals surface area contributed by atoms with Crippen molar-refractivity contribution in [3.05, 3.63) is 124 Å². The fourth-order valence-electron chi connectivity index (χ4n) is 5.79. The second-order valence-corrected chi connectivity index (χ2v) is 14.1. The van der Waals surface area contributed by atoms with Crippen molar-refractivity contribution in [2.75, 3.05) is 52.9 Å². The minimum absolute atomic E-state index is 0.0372. The first kappa shape index (κ1) is 50.2. The lowest BCUT2D eigenvalue weighted by molar-refractivity contribution is -0.148. The monoisotopic (exact) mass is 860 g/mol. The molecular formula is C48H60O14. The Hall–Kier alpha value is -6.12. The van der Waals surface area contributed by atoms with E-state index in [1.807, 2.05) is 0 Å². The first-order chi connectivity index (χ1) is 30.0. The van der Waals surface area contributed by atoms with Crippen LogP contribution in [-0.2, 0) is 47.6 Å². The lowest BCUT2D eigenvalue weighted by atomic mass is 9.82. The number of allylic oxidation sites excluding steroid dienone is 2. The van der Waals surface area contributed by atoms with Gasteiger partial charge in [0.25, 0.3) is 0 Å². The molecule has 1 aliphatic rings. The molecule has 1 fully saturated rings. The number of unbranched alkanes of at least 4 members (excludes halogenated alkanes) is 2. The summed E-state index contributed by atoms with van der Waals surface area (Å²) in [6, 6.07) is 13.2. The van der Waals surface area contributed by atoms with E-state index in [0.717, 1.165) is 25.0 Å². The van der Waals surface area contributed by atoms with Crippen LogP contribution >= 0.6 is 0 Å². The maximum atomic E-state index is 13.0. The summed E-state index contributed by atoms with van der Waals surface area (Å²) < 4.78 is 55.9. The van der Waals surface area contributed by atoms with Gasteiger partial charge in [-0.15, -0.1) is 0 Å². The molecule has 14 heteroatoms. The number of carbonyl (C=O) groups excluding carboxylic acids is 4. The molecule has 0 saturated heterocycles. The molecule has 0 aliphatic heterocycles. The van der Waals surface area contributed by atoms with Crippen molar-refractivity contribution in [3.63, 3.8) is 0 Å². The van der Waals surface area contributed by atoms with E-state index in [4.69, 9.17) is 47.4 Å². The summed E-state index contributed by atoms with van der Waals surface area (Å²) in [5, 5.41) is 0. The zero-order valence-electron chi connectivity index (χ0n) is 35.5. The van der Waals surface area contributed by atoms with Crippen LogP contribution in [0.2, 0.25) is 0 Å². The Balaban J connectivity index is 1.36. The van der Waals surface area contributed by atoms with Gasteiger partial charge in [0.2, 0.25) is 0 Å². The normalized spacial score (nSPS) is 15.3. The van der Waals surface area contributed by atoms with Crippen molar-refractivity contribution in [1.82, 2.24) is 0 Å². The number of benzene rings is 2. The highest BCUT2D eigenvalue weighted by Gasteiger charge is 2.32. The van der Waals surface area contributed by atoms with Gasteiger partial charge in [-0.25, -0.2) is 9.59 Å². The van der Waals surface area contributed by atoms with Gasteiger partial charge in [0, 0.05) is 25.4 Å². The largest absolute Gasteiger partial charge is 0.494 e. The highest BCUT2D eigenvalue weighted by molar-refractivity contribution is 5.81. The maximum Gasteiger partial charge on any atom is 0.330 e. The van der Waals surface area contributed by atoms with Gasteiger partial charge in [-0.2, -0.15) is 0 Å². The van der Waals surface area contributed by atoms with Gasteiger partial charge in [0.05, 0.1) is 38.3 Å². The van der Waals surface area contributed by atoms with Gasteiger partial charge < -0.3 is 47.4 Å². The number of carbonyl (C=O) groups is 4. The fraction of sp³-hybridized carbons (Fsp3) is 0.417. The molecule has 2 atom stereocenters. The quantitative estimate of drug-likeness (QED) is 0.0174. The van der Waals surface area contributed by atoms with Gasteiger partial charge in [-0.3, -0.25) is 9.59 Å². The van der Waals surface area contributed by atoms with Crippen molar-refractivity contribution in [2.24, 2.45) is 11.8 Å². The predicted octanol–water partition coefficient (Wildman–Crippen LogP) is 7.98. The second kappa shape index (κ2) is 29.2. The first-order valence-electron chi connectivity index (χ1n) is 20.6. The molecule has 336 valence electrons. The Bertz CT molecular complexity index is 1630. The van der Waals surface area contributed by atoms with E-state index in [0.29, 0.717) is 92.9 Å². The highest BCUT2D eigenvalue weighted by Crippen LogP contribution is 2.32. The molecule has 2 aromatic rings. The molecule has 1 saturated carbocycles. The predicted molar refractivity (Wildman–Crippen MR) is 231 cm³/mol. The summed E-state index contributed by atoms with van der Waals surface area (Å²) in [6.07, 6.45) is 8.87. The number of esters is 4. The van der Waals surface area contributed by atoms with Gasteiger partial charge >= 0.3 is 23.9 Å². The zero-order valence-corrected chi connectivity index (χ0v) is 35.5. The average molecular weight is 861 g/mol. The third-order valence-corrected chi connectivity index (χ3v) is 9.24. The Labute approximate surface area is 364 Å². The lowest BCUT2D eigenvalue weighted by Gasteiger charge is -2.25. The lowest BCUT2D eigenvalue weighted by Crippen LogP contribution is -2.30. The van der Waals surface area contributed by atoms with E-state index in [1.54, 1.807) is 54.6 Å². The topological polar surface area (TPSA) is 161 Å². The molecule has 0 bridgehead atoms. The van der Waals surface area contributed by atoms with E-state index in [-0.39, 0.29) is 56.8 Å². The van der Waals surface area contributed by atoms with Crippen LogP contribution in [0.3, 0.4) is 0 Å². The third kappa shape index (κ3) is 20.4. The van der Waals surface area contributed by atoms with Crippen molar-refractivity contribution < 1.29 is 66.5 Å². The Kier molecular flexibility index (Phi) is 23.7. The van der Waals surface area contributed by atoms with Gasteiger partial charge in [-0.05, 0) is 112 Å². The molecule has 14 nitrogen and oxygen atoms in total. The number of rotatable bonds is 32. The molecule has 2 unspecified atom stereocenters. The molecule has 0 aromatic heterocycles. The second-order valence-electron chi connectivity index (χ2n) is 14.1. The maximum absolute atomic E-state index is 13.0. The summed E-state index contributed by atoms with van der Waals surface area (Å²) >= 11 is 0. The fourth-order valence-corrected chi connectivity index (χ4v) is 5.79. The molecule has 0 heterocycles. The third-order valence-electron chi connectivity index (χ3n) is 9.24. The van der Waals surface area contributed by atoms with Crippen LogP contribution in [0.1, 0.15) is 51.4 Å². The van der Waals surface area contributed by atoms with Crippen LogP contribution in [0, 0.1) is 11.8 Å². The number of hydrogen-bond donors (Lipinski definition) is 0. The van der Waals surface area contributed by atoms with Gasteiger partial charge in [-0.1, -0.05) is 39.5 Å². The number of hydrogen-bond acceptors (Lipinski definition) is 14. The summed E-state index contributed by atoms with van der Waals surface area (Å²) in [5.74, 6) is 0.148. The highest BCUT2D eigenvalue weighted by atomic mass is 16.6. The van der Waals surface area contributed by atoms with Crippen LogP contribution in [-0.4, -0.2) is 88.9 Å². The molecule has 2 aromatic carbocycles. The molecule has 0 spiro atoms. The summed E-state index contributed by atoms with van der Waals surface area (Å²) in [7, 11) is 0. The minimum Gasteiger partial charge on any atom is -0.494 e. The van der Waals surface area contributed by atoms with Crippen LogP contribution in [0.5, 0.6) is 23.0 Å². The van der Waals surface area contributed by atoms with Gasteiger partial charge in [0.15, 0.2) is 12.2 Å². The van der Waals surface area contributed by atoms with Crippen LogP contribution in [0.15, 0.2) is 124 Å².